The smallest absolute Gasteiger partial charge is 0.267 e. The Balaban J connectivity index is 1.66. The van der Waals surface area contributed by atoms with Gasteiger partial charge in [-0.15, -0.1) is 0 Å². The van der Waals surface area contributed by atoms with E-state index >= 15 is 0 Å². The maximum absolute atomic E-state index is 12.9. The van der Waals surface area contributed by atoms with E-state index in [0.29, 0.717) is 5.69 Å². The summed E-state index contributed by atoms with van der Waals surface area (Å²) in [6.07, 6.45) is 6.15. The van der Waals surface area contributed by atoms with Crippen LogP contribution in [0.5, 0.6) is 0 Å². The van der Waals surface area contributed by atoms with Crippen LogP contribution in [0.15, 0.2) is 54.2 Å². The van der Waals surface area contributed by atoms with Gasteiger partial charge < -0.3 is 10.6 Å². The van der Waals surface area contributed by atoms with Gasteiger partial charge in [0.15, 0.2) is 0 Å². The first kappa shape index (κ1) is 18.7. The monoisotopic (exact) mass is 363 g/mol. The van der Waals surface area contributed by atoms with Crippen molar-refractivity contribution < 1.29 is 9.18 Å². The van der Waals surface area contributed by atoms with Crippen molar-refractivity contribution in [3.8, 4) is 6.07 Å². The Morgan fingerprint density at radius 2 is 1.85 bits per heavy atom. The lowest BCUT2D eigenvalue weighted by molar-refractivity contribution is -0.112. The second-order valence-electron chi connectivity index (χ2n) is 6.75. The number of anilines is 1. The van der Waals surface area contributed by atoms with Gasteiger partial charge in [-0.25, -0.2) is 4.39 Å². The molecule has 1 aliphatic rings. The van der Waals surface area contributed by atoms with Crippen LogP contribution in [0.4, 0.5) is 10.1 Å². The van der Waals surface area contributed by atoms with E-state index in [4.69, 9.17) is 0 Å². The van der Waals surface area contributed by atoms with E-state index in [1.54, 1.807) is 0 Å². The second kappa shape index (κ2) is 8.50. The predicted molar refractivity (Wildman–Crippen MR) is 103 cm³/mol. The molecule has 0 aliphatic heterocycles. The summed E-state index contributed by atoms with van der Waals surface area (Å²) in [6.45, 7) is 1.99. The van der Waals surface area contributed by atoms with Gasteiger partial charge in [0, 0.05) is 17.9 Å². The van der Waals surface area contributed by atoms with Crippen molar-refractivity contribution in [1.82, 2.24) is 5.32 Å². The molecule has 0 fully saturated rings. The highest BCUT2D eigenvalue weighted by Crippen LogP contribution is 2.24. The number of carbonyl (C=O) groups excluding carboxylic acids is 1. The summed E-state index contributed by atoms with van der Waals surface area (Å²) in [5.74, 6) is -0.918. The molecular formula is C22H22FN3O. The van der Waals surface area contributed by atoms with Crippen LogP contribution >= 0.6 is 0 Å². The highest BCUT2D eigenvalue weighted by molar-refractivity contribution is 6.06. The highest BCUT2D eigenvalue weighted by atomic mass is 19.1. The van der Waals surface area contributed by atoms with Crippen molar-refractivity contribution in [2.45, 2.75) is 38.6 Å². The molecule has 2 aromatic carbocycles. The summed E-state index contributed by atoms with van der Waals surface area (Å²) >= 11 is 0. The molecular weight excluding hydrogens is 341 g/mol. The molecule has 5 heteroatoms. The number of halogens is 1. The number of carbonyl (C=O) groups is 1. The molecule has 27 heavy (non-hydrogen) atoms. The summed E-state index contributed by atoms with van der Waals surface area (Å²) in [4.78, 5) is 12.2. The number of fused-ring (bicyclic) bond motifs is 1. The molecule has 0 saturated heterocycles. The molecule has 1 atom stereocenters. The number of hydrogen-bond acceptors (Lipinski definition) is 3. The third kappa shape index (κ3) is 4.73. The average Bonchev–Trinajstić information content (AvgIpc) is 2.69. The molecule has 0 radical (unpaired) electrons. The minimum Gasteiger partial charge on any atom is -0.383 e. The Labute approximate surface area is 158 Å². The lowest BCUT2D eigenvalue weighted by atomic mass is 9.89. The van der Waals surface area contributed by atoms with Crippen LogP contribution in [0.3, 0.4) is 0 Å². The van der Waals surface area contributed by atoms with E-state index in [-0.39, 0.29) is 17.4 Å². The third-order valence-electron chi connectivity index (χ3n) is 4.82. The maximum Gasteiger partial charge on any atom is 0.267 e. The molecule has 1 amide bonds. The summed E-state index contributed by atoms with van der Waals surface area (Å²) < 4.78 is 12.9. The first-order chi connectivity index (χ1) is 13.1. The molecule has 0 spiro atoms. The summed E-state index contributed by atoms with van der Waals surface area (Å²) in [5.41, 5.74) is 4.34. The Hall–Kier alpha value is -3.13. The topological polar surface area (TPSA) is 64.9 Å². The van der Waals surface area contributed by atoms with Crippen molar-refractivity contribution in [3.63, 3.8) is 0 Å². The Kier molecular flexibility index (Phi) is 5.87. The summed E-state index contributed by atoms with van der Waals surface area (Å²) in [5, 5.41) is 15.0. The molecule has 2 N–H and O–H groups in total. The van der Waals surface area contributed by atoms with Gasteiger partial charge in [-0.05, 0) is 73.6 Å². The lowest BCUT2D eigenvalue weighted by Gasteiger charge is -2.19. The van der Waals surface area contributed by atoms with E-state index < -0.39 is 5.91 Å². The fraction of sp³-hybridized carbons (Fsp3) is 0.273. The Bertz CT molecular complexity index is 897. The fourth-order valence-corrected chi connectivity index (χ4v) is 3.21. The lowest BCUT2D eigenvalue weighted by Crippen LogP contribution is -2.19. The molecule has 138 valence electrons. The minimum atomic E-state index is -0.533. The molecule has 1 unspecified atom stereocenters. The molecule has 0 aromatic heterocycles. The number of nitriles is 1. The SMILES string of the molecule is CC(N/C=C(/C#N)C(=O)Nc1ccc(F)cc1)c1ccc2c(c1)CCCC2. The first-order valence-electron chi connectivity index (χ1n) is 9.12. The number of aryl methyl sites for hydroxylation is 2. The van der Waals surface area contributed by atoms with E-state index in [1.807, 2.05) is 13.0 Å². The van der Waals surface area contributed by atoms with Crippen molar-refractivity contribution in [1.29, 1.82) is 5.26 Å². The molecule has 1 aliphatic carbocycles. The van der Waals surface area contributed by atoms with Crippen LogP contribution in [0.1, 0.15) is 42.5 Å². The minimum absolute atomic E-state index is 0.0285. The van der Waals surface area contributed by atoms with Crippen LogP contribution in [-0.2, 0) is 17.6 Å². The van der Waals surface area contributed by atoms with Gasteiger partial charge in [-0.2, -0.15) is 5.26 Å². The number of nitrogens with zero attached hydrogens (tertiary/aromatic N) is 1. The molecule has 0 saturated carbocycles. The largest absolute Gasteiger partial charge is 0.383 e. The van der Waals surface area contributed by atoms with Gasteiger partial charge in [-0.1, -0.05) is 18.2 Å². The summed E-state index contributed by atoms with van der Waals surface area (Å²) in [7, 11) is 0. The van der Waals surface area contributed by atoms with E-state index in [0.717, 1.165) is 18.4 Å². The van der Waals surface area contributed by atoms with E-state index in [2.05, 4.69) is 28.8 Å². The van der Waals surface area contributed by atoms with E-state index in [9.17, 15) is 14.4 Å². The van der Waals surface area contributed by atoms with Gasteiger partial charge in [-0.3, -0.25) is 4.79 Å². The van der Waals surface area contributed by atoms with Crippen LogP contribution in [0.2, 0.25) is 0 Å². The molecule has 4 nitrogen and oxygen atoms in total. The van der Waals surface area contributed by atoms with Gasteiger partial charge in [0.1, 0.15) is 17.5 Å². The zero-order valence-corrected chi connectivity index (χ0v) is 15.3. The number of nitrogens with one attached hydrogen (secondary N) is 2. The quantitative estimate of drug-likeness (QED) is 0.611. The second-order valence-corrected chi connectivity index (χ2v) is 6.75. The average molecular weight is 363 g/mol. The van der Waals surface area contributed by atoms with Gasteiger partial charge in [0.05, 0.1) is 0 Å². The van der Waals surface area contributed by atoms with E-state index in [1.165, 1.54) is 54.4 Å². The van der Waals surface area contributed by atoms with Crippen LogP contribution in [0, 0.1) is 17.1 Å². The zero-order valence-electron chi connectivity index (χ0n) is 15.3. The van der Waals surface area contributed by atoms with Crippen molar-refractivity contribution in [2.24, 2.45) is 0 Å². The molecule has 2 aromatic rings. The molecule has 0 bridgehead atoms. The standard InChI is InChI=1S/C22H22FN3O/c1-15(17-7-6-16-4-2-3-5-18(16)12-17)25-14-19(13-24)22(27)26-21-10-8-20(23)9-11-21/h6-12,14-15,25H,2-5H2,1H3,(H,26,27)/b19-14-. The first-order valence-corrected chi connectivity index (χ1v) is 9.12. The number of benzene rings is 2. The molecule has 3 rings (SSSR count). The zero-order chi connectivity index (χ0) is 19.2. The normalized spacial score (nSPS) is 14.6. The number of hydrogen-bond donors (Lipinski definition) is 2. The maximum atomic E-state index is 12.9. The number of rotatable bonds is 5. The highest BCUT2D eigenvalue weighted by Gasteiger charge is 2.13. The van der Waals surface area contributed by atoms with Crippen molar-refractivity contribution in [3.05, 3.63) is 76.7 Å². The van der Waals surface area contributed by atoms with Crippen molar-refractivity contribution >= 4 is 11.6 Å². The van der Waals surface area contributed by atoms with Crippen LogP contribution < -0.4 is 10.6 Å². The Morgan fingerprint density at radius 1 is 1.15 bits per heavy atom. The Morgan fingerprint density at radius 3 is 2.56 bits per heavy atom. The van der Waals surface area contributed by atoms with Crippen molar-refractivity contribution in [2.75, 3.05) is 5.32 Å². The predicted octanol–water partition coefficient (Wildman–Crippen LogP) is 4.40. The molecule has 0 heterocycles. The van der Waals surface area contributed by atoms with Crippen LogP contribution in [0.25, 0.3) is 0 Å². The van der Waals surface area contributed by atoms with Gasteiger partial charge >= 0.3 is 0 Å². The van der Waals surface area contributed by atoms with Crippen LogP contribution in [-0.4, -0.2) is 5.91 Å². The third-order valence-corrected chi connectivity index (χ3v) is 4.82. The van der Waals surface area contributed by atoms with Gasteiger partial charge in [0.2, 0.25) is 0 Å². The summed E-state index contributed by atoms with van der Waals surface area (Å²) in [6, 6.07) is 13.8. The number of amides is 1. The van der Waals surface area contributed by atoms with Gasteiger partial charge in [0.25, 0.3) is 5.91 Å². The fourth-order valence-electron chi connectivity index (χ4n) is 3.21.